The number of nitrogens with two attached hydrogens (primary N) is 1. The number of carboxylic acid groups (broad SMARTS) is 1. The predicted molar refractivity (Wildman–Crippen MR) is 143 cm³/mol. The van der Waals surface area contributed by atoms with E-state index in [1.54, 1.807) is 32.0 Å². The molecule has 1 saturated carbocycles. The molecule has 200 valence electrons. The minimum Gasteiger partial charge on any atom is -0.494 e. The third-order valence-electron chi connectivity index (χ3n) is 7.20. The highest BCUT2D eigenvalue weighted by atomic mass is 35.6. The van der Waals surface area contributed by atoms with Crippen LogP contribution < -0.4 is 10.5 Å². The second kappa shape index (κ2) is 11.7. The maximum absolute atomic E-state index is 12.5. The summed E-state index contributed by atoms with van der Waals surface area (Å²) in [4.78, 5) is 32.5. The van der Waals surface area contributed by atoms with Crippen LogP contribution in [0.4, 0.5) is 5.69 Å². The van der Waals surface area contributed by atoms with Crippen molar-refractivity contribution >= 4 is 58.3 Å². The lowest BCUT2D eigenvalue weighted by Crippen LogP contribution is -2.59. The van der Waals surface area contributed by atoms with E-state index in [2.05, 4.69) is 4.99 Å². The molecule has 11 heteroatoms. The van der Waals surface area contributed by atoms with Crippen LogP contribution in [0.15, 0.2) is 23.2 Å². The van der Waals surface area contributed by atoms with Crippen LogP contribution in [0.3, 0.4) is 0 Å². The van der Waals surface area contributed by atoms with Crippen molar-refractivity contribution < 1.29 is 19.4 Å². The van der Waals surface area contributed by atoms with E-state index >= 15 is 0 Å². The van der Waals surface area contributed by atoms with Gasteiger partial charge < -0.3 is 25.4 Å². The first-order chi connectivity index (χ1) is 16.8. The number of aliphatic imine (C=N–C) groups is 1. The lowest BCUT2D eigenvalue weighted by molar-refractivity contribution is -0.146. The smallest absolute Gasteiger partial charge is 0.327 e. The number of ether oxygens (including phenoxy) is 1. The van der Waals surface area contributed by atoms with E-state index in [9.17, 15) is 14.7 Å². The normalized spacial score (nSPS) is 17.7. The van der Waals surface area contributed by atoms with Gasteiger partial charge in [0.25, 0.3) is 0 Å². The van der Waals surface area contributed by atoms with Gasteiger partial charge in [-0.15, -0.1) is 0 Å². The van der Waals surface area contributed by atoms with Gasteiger partial charge in [-0.2, -0.15) is 0 Å². The molecule has 3 N–H and O–H groups in total. The summed E-state index contributed by atoms with van der Waals surface area (Å²) < 4.78 is 4.03. The molecule has 1 heterocycles. The molecule has 8 nitrogen and oxygen atoms in total. The number of benzene rings is 1. The van der Waals surface area contributed by atoms with Crippen LogP contribution in [0.1, 0.15) is 64.4 Å². The van der Waals surface area contributed by atoms with E-state index in [0.717, 1.165) is 18.4 Å². The zero-order valence-electron chi connectivity index (χ0n) is 21.0. The Morgan fingerprint density at radius 1 is 1.25 bits per heavy atom. The number of fused-ring (bicyclic) bond motifs is 1. The summed E-state index contributed by atoms with van der Waals surface area (Å²) in [5.74, 6) is -0.396. The minimum atomic E-state index is -1.86. The molecule has 1 aliphatic carbocycles. The van der Waals surface area contributed by atoms with Crippen molar-refractivity contribution in [3.8, 4) is 5.75 Å². The molecule has 1 fully saturated rings. The molecular weight excluding hydrogens is 527 g/mol. The van der Waals surface area contributed by atoms with Gasteiger partial charge in [-0.25, -0.2) is 9.79 Å². The van der Waals surface area contributed by atoms with Crippen molar-refractivity contribution in [3.63, 3.8) is 0 Å². The van der Waals surface area contributed by atoms with Crippen molar-refractivity contribution in [2.45, 2.75) is 81.2 Å². The van der Waals surface area contributed by atoms with Gasteiger partial charge in [0.05, 0.1) is 12.3 Å². The summed E-state index contributed by atoms with van der Waals surface area (Å²) in [6, 6.07) is 4.47. The Morgan fingerprint density at radius 2 is 1.92 bits per heavy atom. The average molecular weight is 562 g/mol. The standard InChI is InChI=1S/C25H35Cl3N4O4/c1-24(2,25(26,27)28)21(22(34)35)32-15-16-14-18(11-12-19(16)30-23(32)29)36-13-7-10-20(33)31(3)17-8-5-4-6-9-17/h11-12,14,17,21H,4-10,13,15H2,1-3H3,(H2,29,30)(H,34,35). The van der Waals surface area contributed by atoms with E-state index in [0.29, 0.717) is 36.9 Å². The molecule has 0 radical (unpaired) electrons. The molecule has 1 amide bonds. The van der Waals surface area contributed by atoms with Gasteiger partial charge in [0.2, 0.25) is 5.91 Å². The highest BCUT2D eigenvalue weighted by Gasteiger charge is 2.53. The second-order valence-electron chi connectivity index (χ2n) is 10.1. The quantitative estimate of drug-likeness (QED) is 0.315. The van der Waals surface area contributed by atoms with Crippen LogP contribution in [0.25, 0.3) is 0 Å². The Morgan fingerprint density at radius 3 is 2.53 bits per heavy atom. The van der Waals surface area contributed by atoms with Crippen molar-refractivity contribution in [3.05, 3.63) is 23.8 Å². The fourth-order valence-corrected chi connectivity index (χ4v) is 5.12. The number of guanidine groups is 1. The van der Waals surface area contributed by atoms with Crippen LogP contribution in [-0.2, 0) is 16.1 Å². The van der Waals surface area contributed by atoms with E-state index in [4.69, 9.17) is 45.3 Å². The number of halogens is 3. The average Bonchev–Trinajstić information content (AvgIpc) is 2.81. The van der Waals surface area contributed by atoms with Gasteiger partial charge in [-0.05, 0) is 37.5 Å². The third kappa shape index (κ3) is 6.50. The number of carbonyl (C=O) groups excluding carboxylic acids is 1. The zero-order chi connectivity index (χ0) is 26.7. The van der Waals surface area contributed by atoms with Crippen LogP contribution in [-0.4, -0.2) is 62.3 Å². The van der Waals surface area contributed by atoms with Gasteiger partial charge >= 0.3 is 5.97 Å². The lowest BCUT2D eigenvalue weighted by Gasteiger charge is -2.44. The molecule has 2 aliphatic rings. The topological polar surface area (TPSA) is 108 Å². The first-order valence-corrected chi connectivity index (χ1v) is 13.4. The Hall–Kier alpha value is -1.90. The Balaban J connectivity index is 1.62. The monoisotopic (exact) mass is 560 g/mol. The van der Waals surface area contributed by atoms with Crippen LogP contribution in [0.5, 0.6) is 5.75 Å². The molecule has 1 aromatic carbocycles. The number of hydrogen-bond donors (Lipinski definition) is 2. The molecule has 0 aromatic heterocycles. The number of rotatable bonds is 9. The highest BCUT2D eigenvalue weighted by molar-refractivity contribution is 6.68. The summed E-state index contributed by atoms with van der Waals surface area (Å²) in [5, 5.41) is 9.97. The molecule has 1 aliphatic heterocycles. The summed E-state index contributed by atoms with van der Waals surface area (Å²) in [5.41, 5.74) is 6.21. The number of alkyl halides is 3. The van der Waals surface area contributed by atoms with Crippen LogP contribution >= 0.6 is 34.8 Å². The molecule has 36 heavy (non-hydrogen) atoms. The van der Waals surface area contributed by atoms with E-state index in [1.807, 2.05) is 11.9 Å². The Kier molecular flexibility index (Phi) is 9.28. The van der Waals surface area contributed by atoms with Crippen LogP contribution in [0.2, 0.25) is 0 Å². The van der Waals surface area contributed by atoms with E-state index < -0.39 is 21.2 Å². The fraction of sp³-hybridized carbons (Fsp3) is 0.640. The number of hydrogen-bond acceptors (Lipinski definition) is 6. The van der Waals surface area contributed by atoms with Crippen molar-refractivity contribution in [2.24, 2.45) is 16.1 Å². The minimum absolute atomic E-state index is 0.0338. The zero-order valence-corrected chi connectivity index (χ0v) is 23.2. The van der Waals surface area contributed by atoms with Crippen molar-refractivity contribution in [1.29, 1.82) is 0 Å². The first kappa shape index (κ1) is 28.7. The van der Waals surface area contributed by atoms with Crippen molar-refractivity contribution in [2.75, 3.05) is 13.7 Å². The molecular formula is C25H35Cl3N4O4. The summed E-state index contributed by atoms with van der Waals surface area (Å²) in [7, 11) is 1.90. The summed E-state index contributed by atoms with van der Waals surface area (Å²) in [6.07, 6.45) is 6.82. The van der Waals surface area contributed by atoms with Crippen molar-refractivity contribution in [1.82, 2.24) is 9.80 Å². The molecule has 0 bridgehead atoms. The maximum atomic E-state index is 12.5. The van der Waals surface area contributed by atoms with Gasteiger partial charge in [0.15, 0.2) is 9.75 Å². The first-order valence-electron chi connectivity index (χ1n) is 12.2. The largest absolute Gasteiger partial charge is 0.494 e. The predicted octanol–water partition coefficient (Wildman–Crippen LogP) is 5.25. The summed E-state index contributed by atoms with van der Waals surface area (Å²) >= 11 is 18.4. The number of aliphatic carboxylic acids is 1. The second-order valence-corrected chi connectivity index (χ2v) is 12.4. The number of amides is 1. The SMILES string of the molecule is CN(C(=O)CCCOc1ccc2c(c1)CN(C(C(=O)O)C(C)(C)C(Cl)(Cl)Cl)C(N)=N2)C1CCCCC1. The molecule has 1 atom stereocenters. The third-order valence-corrected chi connectivity index (χ3v) is 8.66. The van der Waals surface area contributed by atoms with Crippen LogP contribution in [0, 0.1) is 5.41 Å². The number of nitrogens with zero attached hydrogens (tertiary/aromatic N) is 3. The number of carbonyl (C=O) groups is 2. The van der Waals surface area contributed by atoms with Gasteiger partial charge in [-0.3, -0.25) is 4.79 Å². The Bertz CT molecular complexity index is 990. The van der Waals surface area contributed by atoms with E-state index in [1.165, 1.54) is 24.2 Å². The van der Waals surface area contributed by atoms with Gasteiger partial charge in [0, 0.05) is 37.0 Å². The lowest BCUT2D eigenvalue weighted by atomic mass is 9.84. The number of carboxylic acids is 1. The highest BCUT2D eigenvalue weighted by Crippen LogP contribution is 2.48. The van der Waals surface area contributed by atoms with E-state index in [-0.39, 0.29) is 18.4 Å². The maximum Gasteiger partial charge on any atom is 0.327 e. The molecule has 0 saturated heterocycles. The fourth-order valence-electron chi connectivity index (χ4n) is 4.81. The molecule has 3 rings (SSSR count). The van der Waals surface area contributed by atoms with Gasteiger partial charge in [-0.1, -0.05) is 67.9 Å². The molecule has 1 aromatic rings. The molecule has 0 spiro atoms. The van der Waals surface area contributed by atoms with Gasteiger partial charge in [0.1, 0.15) is 11.8 Å². The molecule has 1 unspecified atom stereocenters. The summed E-state index contributed by atoms with van der Waals surface area (Å²) in [6.45, 7) is 3.67. The Labute approximate surface area is 227 Å².